The molecule has 0 aliphatic rings. The molecule has 5 aromatic carbocycles. The van der Waals surface area contributed by atoms with Crippen LogP contribution in [-0.4, -0.2) is 39.5 Å². The first kappa shape index (κ1) is 31.1. The third-order valence-electron chi connectivity index (χ3n) is 9.00. The number of fused-ring (bicyclic) bond motifs is 1. The van der Waals surface area contributed by atoms with Crippen molar-refractivity contribution in [1.82, 2.24) is 39.5 Å². The summed E-state index contributed by atoms with van der Waals surface area (Å²) >= 11 is 0. The Morgan fingerprint density at radius 2 is 0.811 bits per heavy atom. The lowest BCUT2D eigenvalue weighted by molar-refractivity contribution is 0.880. The summed E-state index contributed by atoms with van der Waals surface area (Å²) in [5, 5.41) is 46.8. The van der Waals surface area contributed by atoms with Crippen LogP contribution in [0.1, 0.15) is 11.1 Å². The highest BCUT2D eigenvalue weighted by atomic mass is 15.3. The summed E-state index contributed by atoms with van der Waals surface area (Å²) in [6.45, 7) is 0. The number of benzene rings is 5. The molecular weight excluding hydrogens is 657 g/mol. The van der Waals surface area contributed by atoms with Crippen molar-refractivity contribution in [3.05, 3.63) is 169 Å². The van der Waals surface area contributed by atoms with Crippen molar-refractivity contribution in [1.29, 1.82) is 10.5 Å². The van der Waals surface area contributed by atoms with E-state index in [0.29, 0.717) is 56.2 Å². The highest BCUT2D eigenvalue weighted by Crippen LogP contribution is 2.40. The van der Waals surface area contributed by atoms with Gasteiger partial charge in [0.1, 0.15) is 51.6 Å². The van der Waals surface area contributed by atoms with E-state index in [1.54, 1.807) is 14.0 Å². The molecule has 0 saturated heterocycles. The average molecular weight is 683 g/mol. The summed E-state index contributed by atoms with van der Waals surface area (Å²) in [6.07, 6.45) is 1.86. The Morgan fingerprint density at radius 1 is 0.415 bits per heavy atom. The molecule has 0 amide bonds. The first-order valence-corrected chi connectivity index (χ1v) is 16.8. The number of para-hydroxylation sites is 3. The fourth-order valence-electron chi connectivity index (χ4n) is 6.59. The number of nitrogens with zero attached hydrogens (tertiary/aromatic N) is 10. The third-order valence-corrected chi connectivity index (χ3v) is 9.00. The molecule has 0 saturated carbocycles. The average Bonchev–Trinajstić information content (AvgIpc) is 3.96. The Morgan fingerprint density at radius 3 is 1.26 bits per heavy atom. The second-order valence-electron chi connectivity index (χ2n) is 12.2. The van der Waals surface area contributed by atoms with Crippen LogP contribution in [-0.2, 0) is 0 Å². The minimum absolute atomic E-state index is 0.325. The van der Waals surface area contributed by atoms with Crippen LogP contribution in [0, 0.1) is 22.7 Å². The maximum absolute atomic E-state index is 10.8. The molecule has 9 aromatic rings. The van der Waals surface area contributed by atoms with Gasteiger partial charge in [0.15, 0.2) is 0 Å². The third kappa shape index (κ3) is 5.32. The van der Waals surface area contributed by atoms with E-state index < -0.39 is 0 Å². The van der Waals surface area contributed by atoms with E-state index in [0.717, 1.165) is 28.2 Å². The molecule has 0 N–H and O–H groups in total. The van der Waals surface area contributed by atoms with Gasteiger partial charge in [0.2, 0.25) is 0 Å². The van der Waals surface area contributed by atoms with Crippen LogP contribution < -0.4 is 0 Å². The molecule has 0 radical (unpaired) electrons. The van der Waals surface area contributed by atoms with Gasteiger partial charge in [0, 0.05) is 17.3 Å². The summed E-state index contributed by atoms with van der Waals surface area (Å²) < 4.78 is 5.28. The lowest BCUT2D eigenvalue weighted by Crippen LogP contribution is -2.00. The van der Waals surface area contributed by atoms with Gasteiger partial charge in [0.25, 0.3) is 0 Å². The van der Waals surface area contributed by atoms with Gasteiger partial charge < -0.3 is 0 Å². The molecule has 10 heteroatoms. The zero-order valence-electron chi connectivity index (χ0n) is 28.0. The van der Waals surface area contributed by atoms with Gasteiger partial charge in [-0.05, 0) is 36.4 Å². The number of aromatic nitrogens is 8. The Balaban J connectivity index is 1.34. The van der Waals surface area contributed by atoms with Gasteiger partial charge >= 0.3 is 0 Å². The van der Waals surface area contributed by atoms with E-state index in [4.69, 9.17) is 25.5 Å². The van der Waals surface area contributed by atoms with Crippen molar-refractivity contribution in [2.75, 3.05) is 0 Å². The number of hydrogen-bond acceptors (Lipinski definition) is 7. The van der Waals surface area contributed by atoms with E-state index in [1.807, 2.05) is 158 Å². The number of rotatable bonds is 7. The monoisotopic (exact) mass is 682 g/mol. The molecule has 0 bridgehead atoms. The van der Waals surface area contributed by atoms with E-state index in [-0.39, 0.29) is 0 Å². The Labute approximate surface area is 303 Å². The summed E-state index contributed by atoms with van der Waals surface area (Å²) in [7, 11) is 0. The van der Waals surface area contributed by atoms with Crippen LogP contribution >= 0.6 is 0 Å². The van der Waals surface area contributed by atoms with Gasteiger partial charge in [-0.3, -0.25) is 0 Å². The fraction of sp³-hybridized carbons (Fsp3) is 0. The zero-order valence-corrected chi connectivity index (χ0v) is 28.0. The molecule has 0 spiro atoms. The van der Waals surface area contributed by atoms with Gasteiger partial charge in [-0.1, -0.05) is 115 Å². The highest BCUT2D eigenvalue weighted by molar-refractivity contribution is 6.01. The zero-order chi connectivity index (χ0) is 35.7. The van der Waals surface area contributed by atoms with Crippen LogP contribution in [0.15, 0.2) is 158 Å². The topological polar surface area (TPSA) is 127 Å². The highest BCUT2D eigenvalue weighted by Gasteiger charge is 2.29. The molecule has 0 fully saturated rings. The maximum Gasteiger partial charge on any atom is 0.143 e. The molecule has 10 nitrogen and oxygen atoms in total. The minimum Gasteiger partial charge on any atom is -0.240 e. The Kier molecular flexibility index (Phi) is 7.66. The molecule has 0 atom stereocenters. The van der Waals surface area contributed by atoms with Gasteiger partial charge in [-0.25, -0.2) is 14.0 Å². The molecule has 4 heterocycles. The summed E-state index contributed by atoms with van der Waals surface area (Å²) in [4.78, 5) is 0. The molecule has 0 unspecified atom stereocenters. The van der Waals surface area contributed by atoms with Crippen LogP contribution in [0.2, 0.25) is 0 Å². The SMILES string of the molecule is N#Cc1c(-c2nnc(-c3nn(-c4ccccc4)c(-c4ccccc4)c3C#N)c3nn(-c4ccccc4)cc23)nn(-c2ccccc2)c1-c1ccccc1. The second-order valence-corrected chi connectivity index (χ2v) is 12.2. The lowest BCUT2D eigenvalue weighted by atomic mass is 10.0. The molecular formula is C43H26N10. The summed E-state index contributed by atoms with van der Waals surface area (Å²) in [6, 6.07) is 53.3. The lowest BCUT2D eigenvalue weighted by Gasteiger charge is -2.07. The summed E-state index contributed by atoms with van der Waals surface area (Å²) in [5.41, 5.74) is 7.77. The smallest absolute Gasteiger partial charge is 0.143 e. The Bertz CT molecular complexity index is 2650. The normalized spacial score (nSPS) is 11.0. The van der Waals surface area contributed by atoms with E-state index >= 15 is 0 Å². The standard InChI is InChI=1S/C43H26N10/c44-26-34-38(49-52(32-22-12-4-13-23-32)42(34)29-16-6-1-7-17-29)37-36-28-51(31-20-10-3-11-21-31)48-40(36)41(47-46-37)39-35(27-45)43(30-18-8-2-9-19-30)53(50-39)33-24-14-5-15-25-33/h1-25,28H. The van der Waals surface area contributed by atoms with Crippen LogP contribution in [0.5, 0.6) is 0 Å². The van der Waals surface area contributed by atoms with E-state index in [9.17, 15) is 10.5 Å². The summed E-state index contributed by atoms with van der Waals surface area (Å²) in [5.74, 6) is 0. The van der Waals surface area contributed by atoms with Crippen molar-refractivity contribution >= 4 is 10.9 Å². The fourth-order valence-corrected chi connectivity index (χ4v) is 6.59. The van der Waals surface area contributed by atoms with Crippen LogP contribution in [0.3, 0.4) is 0 Å². The van der Waals surface area contributed by atoms with Gasteiger partial charge in [0.05, 0.1) is 33.8 Å². The van der Waals surface area contributed by atoms with Crippen molar-refractivity contribution in [3.63, 3.8) is 0 Å². The molecule has 9 rings (SSSR count). The van der Waals surface area contributed by atoms with Gasteiger partial charge in [-0.2, -0.15) is 25.8 Å². The number of hydrogen-bond donors (Lipinski definition) is 0. The minimum atomic E-state index is 0.325. The van der Waals surface area contributed by atoms with Crippen molar-refractivity contribution < 1.29 is 0 Å². The Hall–Kier alpha value is -7.95. The van der Waals surface area contributed by atoms with Gasteiger partial charge in [-0.15, -0.1) is 10.2 Å². The predicted molar refractivity (Wildman–Crippen MR) is 202 cm³/mol. The molecule has 0 aliphatic heterocycles. The predicted octanol–water partition coefficient (Wildman–Crippen LogP) is 8.60. The van der Waals surface area contributed by atoms with Crippen molar-refractivity contribution in [2.45, 2.75) is 0 Å². The maximum atomic E-state index is 10.8. The van der Waals surface area contributed by atoms with Crippen molar-refractivity contribution in [3.8, 4) is 74.5 Å². The first-order chi connectivity index (χ1) is 26.2. The quantitative estimate of drug-likeness (QED) is 0.165. The second kappa shape index (κ2) is 13.1. The van der Waals surface area contributed by atoms with Crippen LogP contribution in [0.25, 0.3) is 73.3 Å². The first-order valence-electron chi connectivity index (χ1n) is 16.8. The molecule has 248 valence electrons. The largest absolute Gasteiger partial charge is 0.240 e. The van der Waals surface area contributed by atoms with E-state index in [2.05, 4.69) is 12.1 Å². The van der Waals surface area contributed by atoms with Crippen LogP contribution in [0.4, 0.5) is 0 Å². The molecule has 4 aromatic heterocycles. The molecule has 53 heavy (non-hydrogen) atoms. The van der Waals surface area contributed by atoms with Crippen molar-refractivity contribution in [2.24, 2.45) is 0 Å². The van der Waals surface area contributed by atoms with E-state index in [1.165, 1.54) is 0 Å². The number of nitriles is 2. The molecule has 0 aliphatic carbocycles.